The van der Waals surface area contributed by atoms with Gasteiger partial charge in [0.1, 0.15) is 0 Å². The van der Waals surface area contributed by atoms with E-state index in [1.807, 2.05) is 18.2 Å². The summed E-state index contributed by atoms with van der Waals surface area (Å²) in [4.78, 5) is 4.69. The first-order valence-corrected chi connectivity index (χ1v) is 11.3. The number of halogens is 1. The topological polar surface area (TPSA) is 31.4 Å². The molecule has 2 aromatic rings. The highest BCUT2D eigenvalue weighted by Crippen LogP contribution is 2.38. The van der Waals surface area contributed by atoms with Gasteiger partial charge in [0.15, 0.2) is 11.6 Å². The number of unbranched alkanes of at least 4 members (excludes halogenated alkanes) is 6. The first kappa shape index (κ1) is 21.6. The number of fused-ring (bicyclic) bond motifs is 3. The molecule has 1 heterocycles. The van der Waals surface area contributed by atoms with Gasteiger partial charge in [0.05, 0.1) is 18.9 Å². The third-order valence-corrected chi connectivity index (χ3v) is 5.56. The lowest BCUT2D eigenvalue weighted by atomic mass is 9.88. The van der Waals surface area contributed by atoms with Gasteiger partial charge in [-0.15, -0.1) is 0 Å². The van der Waals surface area contributed by atoms with Crippen molar-refractivity contribution >= 4 is 0 Å². The Kier molecular flexibility index (Phi) is 8.33. The summed E-state index contributed by atoms with van der Waals surface area (Å²) in [5.74, 6) is 0.843. The van der Waals surface area contributed by atoms with Gasteiger partial charge >= 0.3 is 0 Å². The molecular formula is C25H34FNO2. The predicted molar refractivity (Wildman–Crippen MR) is 116 cm³/mol. The maximum Gasteiger partial charge on any atom is 0.213 e. The van der Waals surface area contributed by atoms with Crippen LogP contribution >= 0.6 is 0 Å². The van der Waals surface area contributed by atoms with Crippen molar-refractivity contribution in [3.05, 3.63) is 41.3 Å². The van der Waals surface area contributed by atoms with E-state index >= 15 is 0 Å². The molecule has 4 heteroatoms. The van der Waals surface area contributed by atoms with Gasteiger partial charge in [-0.25, -0.2) is 9.37 Å². The Morgan fingerprint density at radius 3 is 2.31 bits per heavy atom. The van der Waals surface area contributed by atoms with Gasteiger partial charge in [-0.1, -0.05) is 58.4 Å². The second-order valence-corrected chi connectivity index (χ2v) is 7.87. The molecule has 0 spiro atoms. The molecule has 0 unspecified atom stereocenters. The Labute approximate surface area is 174 Å². The molecule has 29 heavy (non-hydrogen) atoms. The summed E-state index contributed by atoms with van der Waals surface area (Å²) in [5.41, 5.74) is 3.69. The molecule has 0 bridgehead atoms. The highest BCUT2D eigenvalue weighted by Gasteiger charge is 2.23. The lowest BCUT2D eigenvalue weighted by molar-refractivity contribution is 0.290. The van der Waals surface area contributed by atoms with Gasteiger partial charge in [-0.05, 0) is 48.9 Å². The van der Waals surface area contributed by atoms with E-state index in [9.17, 15) is 4.39 Å². The zero-order chi connectivity index (χ0) is 20.5. The summed E-state index contributed by atoms with van der Waals surface area (Å²) >= 11 is 0. The fraction of sp³-hybridized carbons (Fsp3) is 0.560. The largest absolute Gasteiger partial charge is 0.491 e. The number of ether oxygens (including phenoxy) is 2. The Bertz CT molecular complexity index is 791. The molecule has 0 saturated carbocycles. The van der Waals surface area contributed by atoms with Crippen molar-refractivity contribution < 1.29 is 13.9 Å². The van der Waals surface area contributed by atoms with E-state index < -0.39 is 0 Å². The second-order valence-electron chi connectivity index (χ2n) is 7.87. The van der Waals surface area contributed by atoms with E-state index in [1.54, 1.807) is 6.07 Å². The molecule has 0 radical (unpaired) electrons. The van der Waals surface area contributed by atoms with Crippen LogP contribution in [0.25, 0.3) is 11.1 Å². The van der Waals surface area contributed by atoms with Crippen molar-refractivity contribution in [1.82, 2.24) is 4.98 Å². The Hall–Kier alpha value is -2.10. The minimum Gasteiger partial charge on any atom is -0.491 e. The van der Waals surface area contributed by atoms with Crippen molar-refractivity contribution in [2.24, 2.45) is 0 Å². The molecule has 1 aromatic carbocycles. The Morgan fingerprint density at radius 2 is 1.48 bits per heavy atom. The van der Waals surface area contributed by atoms with Gasteiger partial charge in [0, 0.05) is 11.6 Å². The van der Waals surface area contributed by atoms with Crippen LogP contribution < -0.4 is 9.47 Å². The maximum absolute atomic E-state index is 15.0. The molecule has 158 valence electrons. The van der Waals surface area contributed by atoms with Crippen LogP contribution in [0.4, 0.5) is 4.39 Å². The number of nitrogens with zero attached hydrogens (tertiary/aromatic N) is 1. The summed E-state index contributed by atoms with van der Waals surface area (Å²) in [6.45, 7) is 5.65. The Balaban J connectivity index is 1.64. The summed E-state index contributed by atoms with van der Waals surface area (Å²) < 4.78 is 26.5. The normalized spacial score (nSPS) is 12.4. The Morgan fingerprint density at radius 1 is 0.793 bits per heavy atom. The van der Waals surface area contributed by atoms with Crippen LogP contribution in [-0.2, 0) is 12.8 Å². The molecule has 0 aliphatic heterocycles. The SMILES string of the molecule is CCCCCCCOc1ccc2c(n1)CCc1c-2ccc(OCCCCC)c1F. The fourth-order valence-corrected chi connectivity index (χ4v) is 3.87. The standard InChI is InChI=1S/C25H34FNO2/c1-3-5-7-8-10-18-29-24-16-13-20-19-12-15-23(28-17-9-6-4-2)25(26)21(19)11-14-22(20)27-24/h12-13,15-16H,3-11,14,17-18H2,1-2H3. The lowest BCUT2D eigenvalue weighted by Gasteiger charge is -2.21. The minimum absolute atomic E-state index is 0.211. The van der Waals surface area contributed by atoms with Gasteiger partial charge in [0.2, 0.25) is 5.88 Å². The third kappa shape index (κ3) is 5.71. The third-order valence-electron chi connectivity index (χ3n) is 5.56. The summed E-state index contributed by atoms with van der Waals surface area (Å²) in [6.07, 6.45) is 10.6. The molecule has 3 nitrogen and oxygen atoms in total. The smallest absolute Gasteiger partial charge is 0.213 e. The van der Waals surface area contributed by atoms with Crippen molar-refractivity contribution in [2.45, 2.75) is 78.1 Å². The monoisotopic (exact) mass is 399 g/mol. The summed E-state index contributed by atoms with van der Waals surface area (Å²) in [6, 6.07) is 7.67. The van der Waals surface area contributed by atoms with Crippen molar-refractivity contribution in [2.75, 3.05) is 13.2 Å². The number of benzene rings is 1. The average molecular weight is 400 g/mol. The van der Waals surface area contributed by atoms with Gasteiger partial charge in [-0.3, -0.25) is 0 Å². The van der Waals surface area contributed by atoms with E-state index in [1.165, 1.54) is 25.7 Å². The van der Waals surface area contributed by atoms with Crippen LogP contribution in [0.2, 0.25) is 0 Å². The molecule has 0 amide bonds. The zero-order valence-corrected chi connectivity index (χ0v) is 17.9. The molecule has 3 rings (SSSR count). The van der Waals surface area contributed by atoms with Gasteiger partial charge in [-0.2, -0.15) is 0 Å². The van der Waals surface area contributed by atoms with Crippen molar-refractivity contribution in [1.29, 1.82) is 0 Å². The van der Waals surface area contributed by atoms with Crippen LogP contribution in [-0.4, -0.2) is 18.2 Å². The van der Waals surface area contributed by atoms with Crippen molar-refractivity contribution in [3.63, 3.8) is 0 Å². The first-order chi connectivity index (χ1) is 14.2. The van der Waals surface area contributed by atoms with E-state index in [0.29, 0.717) is 31.3 Å². The second kappa shape index (κ2) is 11.2. The van der Waals surface area contributed by atoms with Crippen LogP contribution in [0.5, 0.6) is 11.6 Å². The number of hydrogen-bond acceptors (Lipinski definition) is 3. The van der Waals surface area contributed by atoms with Crippen LogP contribution in [0, 0.1) is 5.82 Å². The fourth-order valence-electron chi connectivity index (χ4n) is 3.87. The number of aryl methyl sites for hydroxylation is 1. The van der Waals surface area contributed by atoms with Gasteiger partial charge in [0.25, 0.3) is 0 Å². The molecule has 1 aliphatic carbocycles. The van der Waals surface area contributed by atoms with Gasteiger partial charge < -0.3 is 9.47 Å². The van der Waals surface area contributed by atoms with E-state index in [-0.39, 0.29) is 5.82 Å². The molecule has 1 aromatic heterocycles. The maximum atomic E-state index is 15.0. The minimum atomic E-state index is -0.211. The van der Waals surface area contributed by atoms with Crippen LogP contribution in [0.1, 0.15) is 76.5 Å². The number of hydrogen-bond donors (Lipinski definition) is 0. The van der Waals surface area contributed by atoms with Crippen molar-refractivity contribution in [3.8, 4) is 22.8 Å². The molecule has 0 saturated heterocycles. The highest BCUT2D eigenvalue weighted by molar-refractivity contribution is 5.73. The molecule has 0 atom stereocenters. The first-order valence-electron chi connectivity index (χ1n) is 11.3. The van der Waals surface area contributed by atoms with Crippen LogP contribution in [0.3, 0.4) is 0 Å². The highest BCUT2D eigenvalue weighted by atomic mass is 19.1. The average Bonchev–Trinajstić information content (AvgIpc) is 2.74. The number of aromatic nitrogens is 1. The summed E-state index contributed by atoms with van der Waals surface area (Å²) in [7, 11) is 0. The molecule has 0 N–H and O–H groups in total. The van der Waals surface area contributed by atoms with E-state index in [2.05, 4.69) is 13.8 Å². The molecule has 0 fully saturated rings. The summed E-state index contributed by atoms with van der Waals surface area (Å²) in [5, 5.41) is 0. The molecule has 1 aliphatic rings. The quantitative estimate of drug-likeness (QED) is 0.364. The number of pyridine rings is 1. The van der Waals surface area contributed by atoms with E-state index in [0.717, 1.165) is 54.5 Å². The molecular weight excluding hydrogens is 365 g/mol. The predicted octanol–water partition coefficient (Wildman–Crippen LogP) is 6.90. The zero-order valence-electron chi connectivity index (χ0n) is 17.9. The number of rotatable bonds is 12. The van der Waals surface area contributed by atoms with E-state index in [4.69, 9.17) is 14.5 Å². The lowest BCUT2D eigenvalue weighted by Crippen LogP contribution is -2.11. The van der Waals surface area contributed by atoms with Crippen LogP contribution in [0.15, 0.2) is 24.3 Å².